The van der Waals surface area contributed by atoms with Gasteiger partial charge < -0.3 is 4.90 Å². The average molecular weight is 328 g/mol. The minimum absolute atomic E-state index is 0.0284. The fraction of sp³-hybridized carbons (Fsp3) is 0.389. The van der Waals surface area contributed by atoms with Crippen LogP contribution in [0.25, 0.3) is 0 Å². The van der Waals surface area contributed by atoms with Crippen LogP contribution >= 0.6 is 0 Å². The maximum absolute atomic E-state index is 13.2. The van der Waals surface area contributed by atoms with Crippen molar-refractivity contribution in [3.8, 4) is 0 Å². The lowest BCUT2D eigenvalue weighted by Gasteiger charge is -2.24. The molecule has 2 aromatic rings. The van der Waals surface area contributed by atoms with E-state index in [4.69, 9.17) is 0 Å². The van der Waals surface area contributed by atoms with Gasteiger partial charge in [-0.2, -0.15) is 0 Å². The van der Waals surface area contributed by atoms with Crippen LogP contribution in [0.2, 0.25) is 0 Å². The molecule has 0 radical (unpaired) electrons. The van der Waals surface area contributed by atoms with Crippen molar-refractivity contribution >= 4 is 5.91 Å². The summed E-state index contributed by atoms with van der Waals surface area (Å²) in [6.45, 7) is 3.80. The molecule has 1 unspecified atom stereocenters. The Morgan fingerprint density at radius 2 is 2.12 bits per heavy atom. The minimum Gasteiger partial charge on any atom is -0.337 e. The maximum atomic E-state index is 13.2. The first-order valence-corrected chi connectivity index (χ1v) is 8.06. The first kappa shape index (κ1) is 16.5. The average Bonchev–Trinajstić information content (AvgIpc) is 3.05. The van der Waals surface area contributed by atoms with E-state index in [9.17, 15) is 9.18 Å². The van der Waals surface area contributed by atoms with Gasteiger partial charge in [-0.3, -0.25) is 9.69 Å². The highest BCUT2D eigenvalue weighted by Gasteiger charge is 2.30. The molecule has 24 heavy (non-hydrogen) atoms. The number of aromatic nitrogens is 2. The van der Waals surface area contributed by atoms with E-state index < -0.39 is 0 Å². The normalized spacial score (nSPS) is 17.5. The Bertz CT molecular complexity index is 722. The van der Waals surface area contributed by atoms with Crippen LogP contribution in [0.1, 0.15) is 28.2 Å². The van der Waals surface area contributed by atoms with Gasteiger partial charge in [-0.15, -0.1) is 0 Å². The van der Waals surface area contributed by atoms with Crippen molar-refractivity contribution in [3.05, 3.63) is 59.4 Å². The van der Waals surface area contributed by atoms with Gasteiger partial charge in [-0.1, -0.05) is 0 Å². The van der Waals surface area contributed by atoms with Crippen molar-refractivity contribution in [3.63, 3.8) is 0 Å². The zero-order valence-corrected chi connectivity index (χ0v) is 13.9. The standard InChI is InChI=1S/C18H21FN4O/c1-13-10-14(19)4-5-16(13)18(24)23-9-6-15(11-23)22(2)12-17-20-7-3-8-21-17/h3-5,7-8,10,15H,6,9,11-12H2,1-2H3. The summed E-state index contributed by atoms with van der Waals surface area (Å²) in [6.07, 6.45) is 4.38. The van der Waals surface area contributed by atoms with Crippen molar-refractivity contribution < 1.29 is 9.18 Å². The van der Waals surface area contributed by atoms with E-state index >= 15 is 0 Å². The zero-order chi connectivity index (χ0) is 17.1. The molecule has 1 atom stereocenters. The van der Waals surface area contributed by atoms with Gasteiger partial charge in [0.15, 0.2) is 0 Å². The Kier molecular flexibility index (Phi) is 4.85. The van der Waals surface area contributed by atoms with Gasteiger partial charge in [0, 0.05) is 37.1 Å². The molecule has 1 aliphatic rings. The van der Waals surface area contributed by atoms with Gasteiger partial charge >= 0.3 is 0 Å². The fourth-order valence-electron chi connectivity index (χ4n) is 3.09. The highest BCUT2D eigenvalue weighted by Crippen LogP contribution is 2.20. The summed E-state index contributed by atoms with van der Waals surface area (Å²) in [7, 11) is 2.03. The second-order valence-electron chi connectivity index (χ2n) is 6.23. The molecule has 0 aliphatic carbocycles. The molecule has 0 saturated carbocycles. The van der Waals surface area contributed by atoms with Crippen LogP contribution < -0.4 is 0 Å². The third kappa shape index (κ3) is 3.59. The van der Waals surface area contributed by atoms with E-state index in [1.165, 1.54) is 12.1 Å². The number of amides is 1. The Labute approximate surface area is 141 Å². The summed E-state index contributed by atoms with van der Waals surface area (Å²) in [4.78, 5) is 25.2. The Morgan fingerprint density at radius 1 is 1.38 bits per heavy atom. The van der Waals surface area contributed by atoms with Gasteiger partial charge in [0.1, 0.15) is 11.6 Å². The summed E-state index contributed by atoms with van der Waals surface area (Å²) < 4.78 is 13.2. The number of hydrogen-bond acceptors (Lipinski definition) is 4. The molecule has 1 aliphatic heterocycles. The number of benzene rings is 1. The topological polar surface area (TPSA) is 49.3 Å². The first-order chi connectivity index (χ1) is 11.5. The van der Waals surface area contributed by atoms with Crippen LogP contribution in [0.4, 0.5) is 4.39 Å². The van der Waals surface area contributed by atoms with Gasteiger partial charge in [-0.05, 0) is 50.2 Å². The molecule has 0 bridgehead atoms. The van der Waals surface area contributed by atoms with Crippen LogP contribution in [-0.4, -0.2) is 51.9 Å². The number of halogens is 1. The molecule has 1 fully saturated rings. The third-order valence-electron chi connectivity index (χ3n) is 4.50. The summed E-state index contributed by atoms with van der Waals surface area (Å²) >= 11 is 0. The number of likely N-dealkylation sites (N-methyl/N-ethyl adjacent to an activating group) is 1. The molecular weight excluding hydrogens is 307 g/mol. The van der Waals surface area contributed by atoms with Crippen molar-refractivity contribution in [1.82, 2.24) is 19.8 Å². The van der Waals surface area contributed by atoms with Gasteiger partial charge in [0.05, 0.1) is 6.54 Å². The van der Waals surface area contributed by atoms with Gasteiger partial charge in [0.25, 0.3) is 5.91 Å². The molecule has 1 amide bonds. The Hall–Kier alpha value is -2.34. The number of carbonyl (C=O) groups is 1. The summed E-state index contributed by atoms with van der Waals surface area (Å²) in [5.74, 6) is 0.435. The van der Waals surface area contributed by atoms with E-state index in [2.05, 4.69) is 14.9 Å². The number of aryl methyl sites for hydroxylation is 1. The predicted molar refractivity (Wildman–Crippen MR) is 88.9 cm³/mol. The highest BCUT2D eigenvalue weighted by molar-refractivity contribution is 5.95. The van der Waals surface area contributed by atoms with Crippen LogP contribution in [0.3, 0.4) is 0 Å². The minimum atomic E-state index is -0.314. The SMILES string of the molecule is Cc1cc(F)ccc1C(=O)N1CCC(N(C)Cc2ncccn2)C1. The molecule has 6 heteroatoms. The van der Waals surface area contributed by atoms with Crippen molar-refractivity contribution in [1.29, 1.82) is 0 Å². The number of nitrogens with zero attached hydrogens (tertiary/aromatic N) is 4. The zero-order valence-electron chi connectivity index (χ0n) is 13.9. The molecule has 5 nitrogen and oxygen atoms in total. The van der Waals surface area contributed by atoms with Crippen LogP contribution in [0.5, 0.6) is 0 Å². The quantitative estimate of drug-likeness (QED) is 0.864. The smallest absolute Gasteiger partial charge is 0.254 e. The van der Waals surface area contributed by atoms with E-state index in [1.54, 1.807) is 31.5 Å². The van der Waals surface area contributed by atoms with Crippen LogP contribution in [0.15, 0.2) is 36.7 Å². The van der Waals surface area contributed by atoms with Crippen molar-refractivity contribution in [2.45, 2.75) is 25.9 Å². The lowest BCUT2D eigenvalue weighted by Crippen LogP contribution is -2.36. The molecule has 2 heterocycles. The molecule has 0 spiro atoms. The number of hydrogen-bond donors (Lipinski definition) is 0. The fourth-order valence-corrected chi connectivity index (χ4v) is 3.09. The summed E-state index contributed by atoms with van der Waals surface area (Å²) in [6, 6.07) is 6.39. The third-order valence-corrected chi connectivity index (χ3v) is 4.50. The molecule has 126 valence electrons. The van der Waals surface area contributed by atoms with Crippen LogP contribution in [-0.2, 0) is 6.54 Å². The molecule has 1 aromatic heterocycles. The second kappa shape index (κ2) is 7.05. The molecule has 1 aromatic carbocycles. The summed E-state index contributed by atoms with van der Waals surface area (Å²) in [5.41, 5.74) is 1.25. The molecular formula is C18H21FN4O. The second-order valence-corrected chi connectivity index (χ2v) is 6.23. The monoisotopic (exact) mass is 328 g/mol. The lowest BCUT2D eigenvalue weighted by atomic mass is 10.1. The Balaban J connectivity index is 1.63. The van der Waals surface area contributed by atoms with Gasteiger partial charge in [-0.25, -0.2) is 14.4 Å². The number of rotatable bonds is 4. The highest BCUT2D eigenvalue weighted by atomic mass is 19.1. The molecule has 3 rings (SSSR count). The van der Waals surface area contributed by atoms with E-state index in [0.29, 0.717) is 30.8 Å². The summed E-state index contributed by atoms with van der Waals surface area (Å²) in [5, 5.41) is 0. The van der Waals surface area contributed by atoms with Gasteiger partial charge in [0.2, 0.25) is 0 Å². The Morgan fingerprint density at radius 3 is 2.83 bits per heavy atom. The van der Waals surface area contributed by atoms with E-state index in [0.717, 1.165) is 12.2 Å². The first-order valence-electron chi connectivity index (χ1n) is 8.06. The lowest BCUT2D eigenvalue weighted by molar-refractivity contribution is 0.0778. The van der Waals surface area contributed by atoms with E-state index in [-0.39, 0.29) is 17.8 Å². The maximum Gasteiger partial charge on any atom is 0.254 e. The van der Waals surface area contributed by atoms with Crippen molar-refractivity contribution in [2.24, 2.45) is 0 Å². The number of carbonyl (C=O) groups excluding carboxylic acids is 1. The van der Waals surface area contributed by atoms with Crippen molar-refractivity contribution in [2.75, 3.05) is 20.1 Å². The largest absolute Gasteiger partial charge is 0.337 e. The van der Waals surface area contributed by atoms with E-state index in [1.807, 2.05) is 11.9 Å². The van der Waals surface area contributed by atoms with Crippen LogP contribution in [0, 0.1) is 12.7 Å². The molecule has 0 N–H and O–H groups in total. The molecule has 1 saturated heterocycles. The number of likely N-dealkylation sites (tertiary alicyclic amines) is 1. The predicted octanol–water partition coefficient (Wildman–Crippen LogP) is 2.27.